The van der Waals surface area contributed by atoms with E-state index in [1.165, 1.54) is 0 Å². The topological polar surface area (TPSA) is 58.6 Å². The summed E-state index contributed by atoms with van der Waals surface area (Å²) < 4.78 is 32.1. The number of benzene rings is 1. The minimum absolute atomic E-state index is 0.160. The van der Waals surface area contributed by atoms with Crippen molar-refractivity contribution >= 4 is 10.0 Å². The third kappa shape index (κ3) is 2.97. The molecule has 1 N–H and O–H groups in total. The molecule has 2 atom stereocenters. The van der Waals surface area contributed by atoms with Crippen LogP contribution >= 0.6 is 0 Å². The third-order valence-electron chi connectivity index (χ3n) is 3.53. The average Bonchev–Trinajstić information content (AvgIpc) is 2.37. The van der Waals surface area contributed by atoms with Gasteiger partial charge in [0.15, 0.2) is 0 Å². The fourth-order valence-electron chi connectivity index (χ4n) is 2.63. The van der Waals surface area contributed by atoms with Gasteiger partial charge in [0.25, 0.3) is 0 Å². The van der Waals surface area contributed by atoms with Crippen LogP contribution in [0.25, 0.3) is 0 Å². The zero-order chi connectivity index (χ0) is 14.9. The van der Waals surface area contributed by atoms with Crippen LogP contribution in [-0.4, -0.2) is 45.0 Å². The number of sulfonamides is 1. The fraction of sp³-hybridized carbons (Fsp3) is 0.571. The molecule has 20 heavy (non-hydrogen) atoms. The Hall–Kier alpha value is -1.11. The molecule has 112 valence electrons. The molecule has 1 aromatic carbocycles. The molecule has 0 saturated carbocycles. The summed E-state index contributed by atoms with van der Waals surface area (Å²) >= 11 is 0. The van der Waals surface area contributed by atoms with Crippen LogP contribution in [0.5, 0.6) is 5.75 Å². The van der Waals surface area contributed by atoms with Crippen molar-refractivity contribution in [2.75, 3.05) is 20.2 Å². The molecule has 1 aromatic rings. The number of ether oxygens (including phenoxy) is 1. The summed E-state index contributed by atoms with van der Waals surface area (Å²) in [5.74, 6) is 0.700. The molecule has 0 radical (unpaired) electrons. The Kier molecular flexibility index (Phi) is 4.36. The second kappa shape index (κ2) is 5.71. The average molecular weight is 298 g/mol. The van der Waals surface area contributed by atoms with E-state index in [0.29, 0.717) is 23.7 Å². The minimum Gasteiger partial charge on any atom is -0.496 e. The Labute approximate surface area is 121 Å². The highest BCUT2D eigenvalue weighted by molar-refractivity contribution is 7.89. The fourth-order valence-corrected chi connectivity index (χ4v) is 4.34. The highest BCUT2D eigenvalue weighted by Crippen LogP contribution is 2.24. The van der Waals surface area contributed by atoms with Gasteiger partial charge in [-0.1, -0.05) is 0 Å². The van der Waals surface area contributed by atoms with Crippen LogP contribution in [0.1, 0.15) is 19.4 Å². The molecule has 6 heteroatoms. The lowest BCUT2D eigenvalue weighted by atomic mass is 10.2. The van der Waals surface area contributed by atoms with Gasteiger partial charge in [-0.15, -0.1) is 0 Å². The van der Waals surface area contributed by atoms with Crippen LogP contribution in [0.3, 0.4) is 0 Å². The largest absolute Gasteiger partial charge is 0.496 e. The molecular formula is C14H22N2O3S. The predicted octanol–water partition coefficient (Wildman–Crippen LogP) is 1.37. The van der Waals surface area contributed by atoms with E-state index in [1.807, 2.05) is 20.8 Å². The summed E-state index contributed by atoms with van der Waals surface area (Å²) in [6.07, 6.45) is 0. The number of rotatable bonds is 3. The van der Waals surface area contributed by atoms with Crippen LogP contribution in [0.4, 0.5) is 0 Å². The van der Waals surface area contributed by atoms with Gasteiger partial charge < -0.3 is 10.1 Å². The molecule has 1 aliphatic rings. The van der Waals surface area contributed by atoms with Crippen LogP contribution in [0.2, 0.25) is 0 Å². The summed E-state index contributed by atoms with van der Waals surface area (Å²) in [5.41, 5.74) is 0.824. The van der Waals surface area contributed by atoms with E-state index in [1.54, 1.807) is 29.6 Å². The lowest BCUT2D eigenvalue weighted by molar-refractivity contribution is 0.263. The quantitative estimate of drug-likeness (QED) is 0.916. The van der Waals surface area contributed by atoms with Gasteiger partial charge in [-0.2, -0.15) is 4.31 Å². The van der Waals surface area contributed by atoms with E-state index in [2.05, 4.69) is 5.32 Å². The Balaban J connectivity index is 2.32. The number of aryl methyl sites for hydroxylation is 1. The minimum atomic E-state index is -3.44. The Morgan fingerprint density at radius 3 is 2.35 bits per heavy atom. The van der Waals surface area contributed by atoms with Gasteiger partial charge in [0.2, 0.25) is 10.0 Å². The summed E-state index contributed by atoms with van der Waals surface area (Å²) in [6, 6.07) is 5.31. The van der Waals surface area contributed by atoms with Crippen LogP contribution in [0.15, 0.2) is 23.1 Å². The maximum atomic E-state index is 12.7. The second-order valence-electron chi connectivity index (χ2n) is 5.42. The first-order valence-corrected chi connectivity index (χ1v) is 8.19. The number of methoxy groups -OCH3 is 1. The lowest BCUT2D eigenvalue weighted by Crippen LogP contribution is -2.55. The molecule has 0 amide bonds. The molecule has 2 rings (SSSR count). The summed E-state index contributed by atoms with van der Waals surface area (Å²) in [4.78, 5) is 0.331. The molecule has 1 heterocycles. The van der Waals surface area contributed by atoms with Crippen molar-refractivity contribution in [1.29, 1.82) is 0 Å². The van der Waals surface area contributed by atoms with Crippen molar-refractivity contribution in [1.82, 2.24) is 9.62 Å². The maximum Gasteiger partial charge on any atom is 0.243 e. The van der Waals surface area contributed by atoms with Crippen molar-refractivity contribution in [3.05, 3.63) is 23.8 Å². The van der Waals surface area contributed by atoms with Crippen molar-refractivity contribution in [2.24, 2.45) is 0 Å². The normalized spacial score (nSPS) is 24.6. The van der Waals surface area contributed by atoms with Crippen LogP contribution < -0.4 is 10.1 Å². The molecule has 0 bridgehead atoms. The smallest absolute Gasteiger partial charge is 0.243 e. The predicted molar refractivity (Wildman–Crippen MR) is 78.5 cm³/mol. The van der Waals surface area contributed by atoms with E-state index >= 15 is 0 Å². The standard InChI is InChI=1S/C14H22N2O3S/c1-10-7-13(5-6-14(10)19-4)20(17,18)16-8-11(2)15-12(3)9-16/h5-7,11-12,15H,8-9H2,1-4H3. The molecular weight excluding hydrogens is 276 g/mol. The van der Waals surface area contributed by atoms with Crippen molar-refractivity contribution < 1.29 is 13.2 Å². The number of piperazine rings is 1. The zero-order valence-electron chi connectivity index (χ0n) is 12.4. The van der Waals surface area contributed by atoms with E-state index in [9.17, 15) is 8.42 Å². The highest BCUT2D eigenvalue weighted by Gasteiger charge is 2.31. The molecule has 0 aromatic heterocycles. The molecule has 5 nitrogen and oxygen atoms in total. The van der Waals surface area contributed by atoms with Crippen molar-refractivity contribution in [2.45, 2.75) is 37.8 Å². The van der Waals surface area contributed by atoms with Crippen molar-refractivity contribution in [3.8, 4) is 5.75 Å². The van der Waals surface area contributed by atoms with Crippen LogP contribution in [-0.2, 0) is 10.0 Å². The first kappa shape index (κ1) is 15.3. The van der Waals surface area contributed by atoms with Gasteiger partial charge in [-0.3, -0.25) is 0 Å². The first-order valence-electron chi connectivity index (χ1n) is 6.75. The molecule has 2 unspecified atom stereocenters. The second-order valence-corrected chi connectivity index (χ2v) is 7.36. The first-order chi connectivity index (χ1) is 9.34. The summed E-state index contributed by atoms with van der Waals surface area (Å²) in [6.45, 7) is 6.84. The maximum absolute atomic E-state index is 12.7. The van der Waals surface area contributed by atoms with Crippen LogP contribution in [0, 0.1) is 6.92 Å². The number of nitrogens with zero attached hydrogens (tertiary/aromatic N) is 1. The number of hydrogen-bond acceptors (Lipinski definition) is 4. The molecule has 1 saturated heterocycles. The molecule has 1 aliphatic heterocycles. The number of hydrogen-bond donors (Lipinski definition) is 1. The zero-order valence-corrected chi connectivity index (χ0v) is 13.2. The van der Waals surface area contributed by atoms with E-state index in [-0.39, 0.29) is 12.1 Å². The van der Waals surface area contributed by atoms with Gasteiger partial charge in [-0.25, -0.2) is 8.42 Å². The Morgan fingerprint density at radius 1 is 1.25 bits per heavy atom. The van der Waals surface area contributed by atoms with E-state index < -0.39 is 10.0 Å². The lowest BCUT2D eigenvalue weighted by Gasteiger charge is -2.35. The summed E-state index contributed by atoms with van der Waals surface area (Å²) in [7, 11) is -1.86. The summed E-state index contributed by atoms with van der Waals surface area (Å²) in [5, 5.41) is 3.34. The van der Waals surface area contributed by atoms with Crippen molar-refractivity contribution in [3.63, 3.8) is 0 Å². The molecule has 0 spiro atoms. The Bertz CT molecular complexity index is 576. The Morgan fingerprint density at radius 2 is 1.85 bits per heavy atom. The SMILES string of the molecule is COc1ccc(S(=O)(=O)N2CC(C)NC(C)C2)cc1C. The molecule has 1 fully saturated rings. The highest BCUT2D eigenvalue weighted by atomic mass is 32.2. The third-order valence-corrected chi connectivity index (χ3v) is 5.36. The van der Waals surface area contributed by atoms with Gasteiger partial charge in [-0.05, 0) is 44.5 Å². The van der Waals surface area contributed by atoms with E-state index in [4.69, 9.17) is 4.74 Å². The number of nitrogens with one attached hydrogen (secondary N) is 1. The van der Waals surface area contributed by atoms with Gasteiger partial charge in [0, 0.05) is 25.2 Å². The van der Waals surface area contributed by atoms with E-state index in [0.717, 1.165) is 5.56 Å². The van der Waals surface area contributed by atoms with Gasteiger partial charge >= 0.3 is 0 Å². The monoisotopic (exact) mass is 298 g/mol. The molecule has 0 aliphatic carbocycles. The van der Waals surface area contributed by atoms with Gasteiger partial charge in [0.05, 0.1) is 12.0 Å². The van der Waals surface area contributed by atoms with Gasteiger partial charge in [0.1, 0.15) is 5.75 Å².